The Labute approximate surface area is 96.1 Å². The molecule has 1 aromatic carbocycles. The van der Waals surface area contributed by atoms with Crippen molar-refractivity contribution in [1.82, 2.24) is 0 Å². The van der Waals surface area contributed by atoms with Crippen LogP contribution in [0.3, 0.4) is 0 Å². The number of benzene rings is 1. The summed E-state index contributed by atoms with van der Waals surface area (Å²) in [6, 6.07) is 8.72. The molecule has 86 valence electrons. The second kappa shape index (κ2) is 5.50. The zero-order chi connectivity index (χ0) is 12.0. The Morgan fingerprint density at radius 3 is 2.56 bits per heavy atom. The average Bonchev–Trinajstić information content (AvgIpc) is 2.31. The molecule has 0 aliphatic rings. The highest BCUT2D eigenvalue weighted by atomic mass is 19.1. The van der Waals surface area contributed by atoms with Crippen molar-refractivity contribution in [1.29, 1.82) is 5.26 Å². The van der Waals surface area contributed by atoms with Gasteiger partial charge in [-0.25, -0.2) is 4.39 Å². The van der Waals surface area contributed by atoms with Crippen molar-refractivity contribution in [3.05, 3.63) is 30.1 Å². The van der Waals surface area contributed by atoms with Gasteiger partial charge in [0.25, 0.3) is 0 Å². The second-order valence-corrected chi connectivity index (χ2v) is 3.90. The minimum atomic E-state index is -0.656. The lowest BCUT2D eigenvalue weighted by Crippen LogP contribution is -2.36. The van der Waals surface area contributed by atoms with E-state index in [9.17, 15) is 9.65 Å². The van der Waals surface area contributed by atoms with Crippen LogP contribution in [0.15, 0.2) is 24.3 Å². The van der Waals surface area contributed by atoms with E-state index >= 15 is 0 Å². The first kappa shape index (κ1) is 12.5. The minimum Gasteiger partial charge on any atom is -0.365 e. The maximum Gasteiger partial charge on any atom is 0.146 e. The molecule has 16 heavy (non-hydrogen) atoms. The fourth-order valence-electron chi connectivity index (χ4n) is 1.74. The first-order valence-corrected chi connectivity index (χ1v) is 5.61. The molecule has 0 aromatic heterocycles. The largest absolute Gasteiger partial charge is 0.365 e. The molecule has 3 heteroatoms. The van der Waals surface area contributed by atoms with Crippen molar-refractivity contribution >= 4 is 5.69 Å². The van der Waals surface area contributed by atoms with E-state index in [-0.39, 0.29) is 5.82 Å². The van der Waals surface area contributed by atoms with Gasteiger partial charge in [0.1, 0.15) is 11.4 Å². The number of para-hydroxylation sites is 1. The first-order valence-electron chi connectivity index (χ1n) is 5.61. The third-order valence-electron chi connectivity index (χ3n) is 2.74. The summed E-state index contributed by atoms with van der Waals surface area (Å²) in [5.74, 6) is -0.313. The Hall–Kier alpha value is -1.56. The van der Waals surface area contributed by atoms with Gasteiger partial charge in [0.2, 0.25) is 0 Å². The number of rotatable bonds is 5. The minimum absolute atomic E-state index is 0.313. The summed E-state index contributed by atoms with van der Waals surface area (Å²) in [6.45, 7) is 3.96. The highest BCUT2D eigenvalue weighted by Gasteiger charge is 2.27. The Kier molecular flexibility index (Phi) is 4.30. The summed E-state index contributed by atoms with van der Waals surface area (Å²) in [6.07, 6.45) is 2.27. The Morgan fingerprint density at radius 1 is 1.38 bits per heavy atom. The molecule has 0 aliphatic heterocycles. The monoisotopic (exact) mass is 220 g/mol. The van der Waals surface area contributed by atoms with Crippen molar-refractivity contribution in [2.45, 2.75) is 38.6 Å². The van der Waals surface area contributed by atoms with Crippen LogP contribution >= 0.6 is 0 Å². The number of nitrogens with one attached hydrogen (secondary N) is 1. The molecule has 0 heterocycles. The second-order valence-electron chi connectivity index (χ2n) is 3.90. The number of halogens is 1. The maximum absolute atomic E-state index is 13.5. The van der Waals surface area contributed by atoms with Gasteiger partial charge in [-0.3, -0.25) is 0 Å². The molecule has 1 N–H and O–H groups in total. The van der Waals surface area contributed by atoms with Gasteiger partial charge >= 0.3 is 0 Å². The zero-order valence-corrected chi connectivity index (χ0v) is 9.76. The molecule has 2 nitrogen and oxygen atoms in total. The molecule has 0 amide bonds. The third-order valence-corrected chi connectivity index (χ3v) is 2.74. The summed E-state index contributed by atoms with van der Waals surface area (Å²) in [4.78, 5) is 0. The van der Waals surface area contributed by atoms with Crippen molar-refractivity contribution in [3.8, 4) is 6.07 Å². The van der Waals surface area contributed by atoms with Crippen LogP contribution in [0.2, 0.25) is 0 Å². The van der Waals surface area contributed by atoms with E-state index < -0.39 is 5.54 Å². The molecule has 0 bridgehead atoms. The van der Waals surface area contributed by atoms with E-state index in [0.717, 1.165) is 6.42 Å². The lowest BCUT2D eigenvalue weighted by Gasteiger charge is -2.27. The van der Waals surface area contributed by atoms with Crippen LogP contribution < -0.4 is 5.32 Å². The summed E-state index contributed by atoms with van der Waals surface area (Å²) >= 11 is 0. The van der Waals surface area contributed by atoms with Crippen LogP contribution in [0.4, 0.5) is 10.1 Å². The molecule has 1 atom stereocenters. The normalized spacial score (nSPS) is 13.9. The van der Waals surface area contributed by atoms with Crippen LogP contribution in [-0.2, 0) is 0 Å². The smallest absolute Gasteiger partial charge is 0.146 e. The molecule has 1 aromatic rings. The molecule has 0 saturated carbocycles. The number of nitrogens with zero attached hydrogens (tertiary/aromatic N) is 1. The fraction of sp³-hybridized carbons (Fsp3) is 0.462. The molecule has 0 saturated heterocycles. The van der Waals surface area contributed by atoms with E-state index in [1.54, 1.807) is 18.2 Å². The fourth-order valence-corrected chi connectivity index (χ4v) is 1.74. The van der Waals surface area contributed by atoms with Crippen molar-refractivity contribution < 1.29 is 4.39 Å². The van der Waals surface area contributed by atoms with Crippen LogP contribution in [0.1, 0.15) is 33.1 Å². The SMILES string of the molecule is CCCC(C#N)(CC)Nc1ccccc1F. The molecule has 1 unspecified atom stereocenters. The van der Waals surface area contributed by atoms with Crippen molar-refractivity contribution in [2.75, 3.05) is 5.32 Å². The predicted octanol–water partition coefficient (Wildman–Crippen LogP) is 3.71. The third kappa shape index (κ3) is 2.73. The highest BCUT2D eigenvalue weighted by Crippen LogP contribution is 2.24. The summed E-state index contributed by atoms with van der Waals surface area (Å²) in [5, 5.41) is 12.2. The van der Waals surface area contributed by atoms with Crippen molar-refractivity contribution in [3.63, 3.8) is 0 Å². The molecule has 0 radical (unpaired) electrons. The van der Waals surface area contributed by atoms with Gasteiger partial charge in [-0.1, -0.05) is 32.4 Å². The molecular formula is C13H17FN2. The quantitative estimate of drug-likeness (QED) is 0.821. The van der Waals surface area contributed by atoms with Crippen LogP contribution in [-0.4, -0.2) is 5.54 Å². The topological polar surface area (TPSA) is 35.8 Å². The van der Waals surface area contributed by atoms with Gasteiger partial charge in [0.15, 0.2) is 0 Å². The Bertz CT molecular complexity index is 384. The lowest BCUT2D eigenvalue weighted by molar-refractivity contribution is 0.509. The first-order chi connectivity index (χ1) is 7.67. The Morgan fingerprint density at radius 2 is 2.06 bits per heavy atom. The predicted molar refractivity (Wildman–Crippen MR) is 63.6 cm³/mol. The molecule has 0 aliphatic carbocycles. The summed E-state index contributed by atoms with van der Waals surface area (Å²) in [5.41, 5.74) is -0.254. The van der Waals surface area contributed by atoms with E-state index in [2.05, 4.69) is 11.4 Å². The maximum atomic E-state index is 13.5. The van der Waals surface area contributed by atoms with Gasteiger partial charge in [0.05, 0.1) is 11.8 Å². The Balaban J connectivity index is 2.93. The molecular weight excluding hydrogens is 203 g/mol. The van der Waals surface area contributed by atoms with Crippen LogP contribution in [0.25, 0.3) is 0 Å². The number of hydrogen-bond acceptors (Lipinski definition) is 2. The van der Waals surface area contributed by atoms with E-state index in [1.165, 1.54) is 6.07 Å². The standard InChI is InChI=1S/C13H17FN2/c1-3-9-13(4-2,10-15)16-12-8-6-5-7-11(12)14/h5-8,16H,3-4,9H2,1-2H3. The van der Waals surface area contributed by atoms with Crippen LogP contribution in [0.5, 0.6) is 0 Å². The lowest BCUT2D eigenvalue weighted by atomic mass is 9.92. The van der Waals surface area contributed by atoms with E-state index in [0.29, 0.717) is 18.5 Å². The number of anilines is 1. The molecule has 1 rings (SSSR count). The van der Waals surface area contributed by atoms with Gasteiger partial charge in [-0.2, -0.15) is 5.26 Å². The summed E-state index contributed by atoms with van der Waals surface area (Å²) < 4.78 is 13.5. The summed E-state index contributed by atoms with van der Waals surface area (Å²) in [7, 11) is 0. The average molecular weight is 220 g/mol. The van der Waals surface area contributed by atoms with Gasteiger partial charge in [-0.15, -0.1) is 0 Å². The molecule has 0 spiro atoms. The van der Waals surface area contributed by atoms with Crippen molar-refractivity contribution in [2.24, 2.45) is 0 Å². The number of nitriles is 1. The van der Waals surface area contributed by atoms with Gasteiger partial charge in [0, 0.05) is 0 Å². The zero-order valence-electron chi connectivity index (χ0n) is 9.76. The van der Waals surface area contributed by atoms with Gasteiger partial charge < -0.3 is 5.32 Å². The van der Waals surface area contributed by atoms with E-state index in [4.69, 9.17) is 0 Å². The van der Waals surface area contributed by atoms with Crippen LogP contribution in [0, 0.1) is 17.1 Å². The van der Waals surface area contributed by atoms with E-state index in [1.807, 2.05) is 13.8 Å². The molecule has 0 fully saturated rings. The number of hydrogen-bond donors (Lipinski definition) is 1. The highest BCUT2D eigenvalue weighted by molar-refractivity contribution is 5.48. The van der Waals surface area contributed by atoms with Gasteiger partial charge in [-0.05, 0) is 25.0 Å².